The molecule has 7 nitrogen and oxygen atoms in total. The quantitative estimate of drug-likeness (QED) is 0.228. The van der Waals surface area contributed by atoms with Crippen LogP contribution in [0.1, 0.15) is 39.4 Å². The Morgan fingerprint density at radius 3 is 2.45 bits per heavy atom. The number of ketones is 1. The highest BCUT2D eigenvalue weighted by molar-refractivity contribution is 5.99. The number of Topliss-reactive ketones (excluding diaryl/α,β-unsaturated/α-hetero) is 1. The number of benzene rings is 3. The van der Waals surface area contributed by atoms with E-state index in [2.05, 4.69) is 5.32 Å². The zero-order valence-corrected chi connectivity index (χ0v) is 21.0. The number of carbonyl (C=O) groups excluding carboxylic acids is 2. The lowest BCUT2D eigenvalue weighted by Crippen LogP contribution is -2.27. The van der Waals surface area contributed by atoms with Crippen LogP contribution in [0.5, 0.6) is 11.5 Å². The molecular formula is C30H23F3N2O5. The summed E-state index contributed by atoms with van der Waals surface area (Å²) in [6.07, 6.45) is 1.54. The largest absolute Gasteiger partial charge is 0.508 e. The third-order valence-electron chi connectivity index (χ3n) is 6.67. The lowest BCUT2D eigenvalue weighted by atomic mass is 9.92. The second-order valence-corrected chi connectivity index (χ2v) is 9.50. The van der Waals surface area contributed by atoms with Gasteiger partial charge in [-0.2, -0.15) is 0 Å². The molecule has 4 aromatic rings. The lowest BCUT2D eigenvalue weighted by Gasteiger charge is -2.18. The number of phenols is 1. The van der Waals surface area contributed by atoms with E-state index < -0.39 is 34.7 Å². The van der Waals surface area contributed by atoms with Crippen LogP contribution >= 0.6 is 0 Å². The number of pyridine rings is 1. The first kappa shape index (κ1) is 26.7. The fourth-order valence-electron chi connectivity index (χ4n) is 4.60. The molecule has 1 aliphatic rings. The maximum Gasteiger partial charge on any atom is 0.261 e. The van der Waals surface area contributed by atoms with Gasteiger partial charge < -0.3 is 19.7 Å². The van der Waals surface area contributed by atoms with Crippen LogP contribution in [-0.4, -0.2) is 28.0 Å². The van der Waals surface area contributed by atoms with Crippen molar-refractivity contribution in [3.63, 3.8) is 0 Å². The van der Waals surface area contributed by atoms with E-state index in [1.807, 2.05) is 0 Å². The van der Waals surface area contributed by atoms with E-state index in [0.717, 1.165) is 22.3 Å². The molecule has 10 heteroatoms. The number of aromatic nitrogens is 1. The van der Waals surface area contributed by atoms with Gasteiger partial charge in [0.2, 0.25) is 5.91 Å². The summed E-state index contributed by atoms with van der Waals surface area (Å²) in [7, 11) is 0. The highest BCUT2D eigenvalue weighted by atomic mass is 19.2. The van der Waals surface area contributed by atoms with Gasteiger partial charge in [0.25, 0.3) is 5.56 Å². The van der Waals surface area contributed by atoms with Crippen molar-refractivity contribution in [2.45, 2.75) is 25.3 Å². The van der Waals surface area contributed by atoms with E-state index in [0.29, 0.717) is 23.4 Å². The summed E-state index contributed by atoms with van der Waals surface area (Å²) in [6, 6.07) is 15.9. The Balaban J connectivity index is 1.36. The van der Waals surface area contributed by atoms with Gasteiger partial charge in [0, 0.05) is 30.3 Å². The molecule has 2 heterocycles. The topological polar surface area (TPSA) is 97.6 Å². The van der Waals surface area contributed by atoms with Crippen LogP contribution in [0.4, 0.5) is 18.9 Å². The summed E-state index contributed by atoms with van der Waals surface area (Å²) in [5.74, 6) is -4.93. The predicted octanol–water partition coefficient (Wildman–Crippen LogP) is 4.95. The van der Waals surface area contributed by atoms with Crippen molar-refractivity contribution in [1.29, 1.82) is 0 Å². The van der Waals surface area contributed by atoms with Crippen LogP contribution in [0.3, 0.4) is 0 Å². The first-order valence-electron chi connectivity index (χ1n) is 12.4. The van der Waals surface area contributed by atoms with Gasteiger partial charge in [-0.1, -0.05) is 18.2 Å². The minimum Gasteiger partial charge on any atom is -0.508 e. The second kappa shape index (κ2) is 11.1. The zero-order valence-electron chi connectivity index (χ0n) is 21.0. The van der Waals surface area contributed by atoms with Crippen molar-refractivity contribution >= 4 is 17.4 Å². The number of fused-ring (bicyclic) bond motifs is 1. The van der Waals surface area contributed by atoms with Gasteiger partial charge in [-0.05, 0) is 59.2 Å². The number of halogens is 3. The smallest absolute Gasteiger partial charge is 0.261 e. The van der Waals surface area contributed by atoms with Gasteiger partial charge >= 0.3 is 0 Å². The van der Waals surface area contributed by atoms with Crippen LogP contribution in [0, 0.1) is 17.5 Å². The molecular weight excluding hydrogens is 525 g/mol. The predicted molar refractivity (Wildman–Crippen MR) is 140 cm³/mol. The Hall–Kier alpha value is -4.86. The molecule has 0 aliphatic carbocycles. The number of nitrogens with one attached hydrogen (secondary N) is 1. The van der Waals surface area contributed by atoms with Crippen LogP contribution in [0.25, 0.3) is 0 Å². The fourth-order valence-corrected chi connectivity index (χ4v) is 4.60. The molecule has 1 unspecified atom stereocenters. The van der Waals surface area contributed by atoms with Crippen molar-refractivity contribution in [1.82, 2.24) is 4.57 Å². The monoisotopic (exact) mass is 548 g/mol. The van der Waals surface area contributed by atoms with Gasteiger partial charge in [0.05, 0.1) is 25.1 Å². The zero-order chi connectivity index (χ0) is 28.4. The Morgan fingerprint density at radius 2 is 1.73 bits per heavy atom. The summed E-state index contributed by atoms with van der Waals surface area (Å²) in [4.78, 5) is 38.1. The summed E-state index contributed by atoms with van der Waals surface area (Å²) >= 11 is 0. The molecule has 0 saturated carbocycles. The molecule has 2 N–H and O–H groups in total. The maximum atomic E-state index is 13.7. The Morgan fingerprint density at radius 1 is 1.00 bits per heavy atom. The van der Waals surface area contributed by atoms with Gasteiger partial charge in [-0.15, -0.1) is 0 Å². The van der Waals surface area contributed by atoms with Crippen molar-refractivity contribution in [3.8, 4) is 11.5 Å². The molecule has 0 spiro atoms. The molecule has 0 fully saturated rings. The minimum absolute atomic E-state index is 0.0176. The van der Waals surface area contributed by atoms with E-state index in [1.54, 1.807) is 30.3 Å². The van der Waals surface area contributed by atoms with E-state index in [-0.39, 0.29) is 42.4 Å². The van der Waals surface area contributed by atoms with Crippen LogP contribution in [-0.2, 0) is 17.8 Å². The van der Waals surface area contributed by atoms with Crippen molar-refractivity contribution < 1.29 is 32.6 Å². The van der Waals surface area contributed by atoms with Crippen LogP contribution in [0.15, 0.2) is 77.7 Å². The maximum absolute atomic E-state index is 13.7. The Kier molecular flexibility index (Phi) is 7.41. The fraction of sp³-hybridized carbons (Fsp3) is 0.167. The molecule has 204 valence electrons. The molecule has 1 aromatic heterocycles. The first-order valence-corrected chi connectivity index (χ1v) is 12.4. The summed E-state index contributed by atoms with van der Waals surface area (Å²) in [5.41, 5.74) is 1.42. The number of hydrogen-bond donors (Lipinski definition) is 2. The lowest BCUT2D eigenvalue weighted by molar-refractivity contribution is -0.115. The second-order valence-electron chi connectivity index (χ2n) is 9.50. The van der Waals surface area contributed by atoms with E-state index in [9.17, 15) is 32.7 Å². The molecule has 3 aromatic carbocycles. The normalized spacial score (nSPS) is 13.0. The first-order chi connectivity index (χ1) is 19.2. The van der Waals surface area contributed by atoms with Crippen LogP contribution in [0.2, 0.25) is 0 Å². The number of carbonyl (C=O) groups is 2. The molecule has 1 atom stereocenters. The molecule has 40 heavy (non-hydrogen) atoms. The molecule has 0 radical (unpaired) electrons. The average Bonchev–Trinajstić information content (AvgIpc) is 3.30. The SMILES string of the molecule is O=C1Cc2ccc(OCC(CC(=O)c3cccn(Cc4cc(F)c(F)c(F)c4)c3=O)c3ccc(O)cc3)cc2N1. The number of rotatable bonds is 9. The number of hydrogen-bond acceptors (Lipinski definition) is 5. The van der Waals surface area contributed by atoms with Gasteiger partial charge in [0.1, 0.15) is 11.5 Å². The standard InChI is InChI=1S/C30H23F3N2O5/c31-24-10-17(11-25(32)29(24)33)15-35-9-1-2-23(30(35)39)27(37)12-20(18-3-6-21(36)7-4-18)16-40-22-8-5-19-13-28(38)34-26(19)14-22/h1-11,14,20,36H,12-13,15-16H2,(H,34,38). The van der Waals surface area contributed by atoms with Crippen molar-refractivity contribution in [2.24, 2.45) is 0 Å². The van der Waals surface area contributed by atoms with E-state index in [4.69, 9.17) is 4.74 Å². The number of nitrogens with zero attached hydrogens (tertiary/aromatic N) is 1. The average molecular weight is 549 g/mol. The molecule has 0 saturated heterocycles. The van der Waals surface area contributed by atoms with Gasteiger partial charge in [-0.3, -0.25) is 14.4 Å². The Labute approximate surface area is 226 Å². The summed E-state index contributed by atoms with van der Waals surface area (Å²) in [5, 5.41) is 12.5. The molecule has 0 bridgehead atoms. The van der Waals surface area contributed by atoms with Crippen LogP contribution < -0.4 is 15.6 Å². The molecule has 5 rings (SSSR count). The summed E-state index contributed by atoms with van der Waals surface area (Å²) < 4.78 is 47.7. The number of amides is 1. The number of anilines is 1. The molecule has 1 amide bonds. The van der Waals surface area contributed by atoms with E-state index >= 15 is 0 Å². The third-order valence-corrected chi connectivity index (χ3v) is 6.67. The van der Waals surface area contributed by atoms with Gasteiger partial charge in [-0.25, -0.2) is 13.2 Å². The number of phenolic OH excluding ortho intramolecular Hbond substituents is 1. The third kappa shape index (κ3) is 5.75. The van der Waals surface area contributed by atoms with E-state index in [1.165, 1.54) is 30.5 Å². The Bertz CT molecular complexity index is 1640. The van der Waals surface area contributed by atoms with Gasteiger partial charge in [0.15, 0.2) is 23.2 Å². The van der Waals surface area contributed by atoms with Crippen molar-refractivity contribution in [2.75, 3.05) is 11.9 Å². The highest BCUT2D eigenvalue weighted by Gasteiger charge is 2.23. The molecule has 1 aliphatic heterocycles. The number of ether oxygens (including phenoxy) is 1. The van der Waals surface area contributed by atoms with Crippen molar-refractivity contribution in [3.05, 3.63) is 123 Å². The minimum atomic E-state index is -1.60. The summed E-state index contributed by atoms with van der Waals surface area (Å²) in [6.45, 7) is -0.216. The highest BCUT2D eigenvalue weighted by Crippen LogP contribution is 2.30. The number of aromatic hydroxyl groups is 1.